The van der Waals surface area contributed by atoms with Crippen LogP contribution in [0.5, 0.6) is 5.75 Å². The zero-order valence-electron chi connectivity index (χ0n) is 9.63. The first-order valence-electron chi connectivity index (χ1n) is 5.42. The third kappa shape index (κ3) is 2.56. The highest BCUT2D eigenvalue weighted by Gasteiger charge is 2.32. The minimum Gasteiger partial charge on any atom is -0.497 e. The zero-order chi connectivity index (χ0) is 12.3. The van der Waals surface area contributed by atoms with E-state index in [4.69, 9.17) is 9.84 Å². The van der Waals surface area contributed by atoms with Crippen LogP contribution in [0.3, 0.4) is 0 Å². The van der Waals surface area contributed by atoms with E-state index in [9.17, 15) is 4.79 Å². The van der Waals surface area contributed by atoms with E-state index in [1.54, 1.807) is 23.8 Å². The summed E-state index contributed by atoms with van der Waals surface area (Å²) in [5.41, 5.74) is 1.06. The molecule has 5 heteroatoms. The van der Waals surface area contributed by atoms with E-state index in [0.29, 0.717) is 12.3 Å². The molecule has 1 heterocycles. The lowest BCUT2D eigenvalue weighted by Crippen LogP contribution is -2.30. The summed E-state index contributed by atoms with van der Waals surface area (Å²) >= 11 is 1.59. The first-order valence-corrected chi connectivity index (χ1v) is 6.47. The molecular weight excluding hydrogens is 238 g/mol. The van der Waals surface area contributed by atoms with Crippen molar-refractivity contribution in [1.29, 1.82) is 0 Å². The van der Waals surface area contributed by atoms with Crippen LogP contribution in [-0.2, 0) is 4.79 Å². The van der Waals surface area contributed by atoms with Crippen molar-refractivity contribution in [2.45, 2.75) is 5.37 Å². The van der Waals surface area contributed by atoms with Crippen LogP contribution in [0.25, 0.3) is 0 Å². The van der Waals surface area contributed by atoms with Crippen LogP contribution in [0.4, 0.5) is 0 Å². The molecule has 0 bridgehead atoms. The lowest BCUT2D eigenvalue weighted by atomic mass is 10.2. The van der Waals surface area contributed by atoms with E-state index in [1.807, 2.05) is 24.3 Å². The average molecular weight is 253 g/mol. The second-order valence-electron chi connectivity index (χ2n) is 3.75. The predicted molar refractivity (Wildman–Crippen MR) is 67.0 cm³/mol. The molecule has 1 aromatic carbocycles. The summed E-state index contributed by atoms with van der Waals surface area (Å²) in [7, 11) is 1.63. The lowest BCUT2D eigenvalue weighted by molar-refractivity contribution is -0.128. The highest BCUT2D eigenvalue weighted by atomic mass is 32.2. The molecule has 1 aliphatic heterocycles. The van der Waals surface area contributed by atoms with Crippen molar-refractivity contribution >= 4 is 17.7 Å². The Hall–Kier alpha value is -1.20. The fraction of sp³-hybridized carbons (Fsp3) is 0.417. The molecule has 17 heavy (non-hydrogen) atoms. The smallest absolute Gasteiger partial charge is 0.233 e. The number of carbonyl (C=O) groups excluding carboxylic acids is 1. The van der Waals surface area contributed by atoms with Crippen molar-refractivity contribution in [2.75, 3.05) is 26.0 Å². The van der Waals surface area contributed by atoms with Gasteiger partial charge in [-0.1, -0.05) is 12.1 Å². The van der Waals surface area contributed by atoms with Gasteiger partial charge in [0.2, 0.25) is 5.91 Å². The fourth-order valence-electron chi connectivity index (χ4n) is 1.85. The van der Waals surface area contributed by atoms with Gasteiger partial charge < -0.3 is 14.7 Å². The SMILES string of the molecule is COc1ccc(C2SCC(=O)N2CCO)cc1. The molecule has 1 saturated heterocycles. The van der Waals surface area contributed by atoms with Crippen molar-refractivity contribution in [3.63, 3.8) is 0 Å². The molecule has 0 aliphatic carbocycles. The summed E-state index contributed by atoms with van der Waals surface area (Å²) in [6.07, 6.45) is 0. The number of aliphatic hydroxyl groups is 1. The summed E-state index contributed by atoms with van der Waals surface area (Å²) in [5, 5.41) is 8.98. The Labute approximate surface area is 105 Å². The summed E-state index contributed by atoms with van der Waals surface area (Å²) in [5.74, 6) is 1.37. The van der Waals surface area contributed by atoms with Gasteiger partial charge in [-0.15, -0.1) is 11.8 Å². The van der Waals surface area contributed by atoms with Gasteiger partial charge in [-0.25, -0.2) is 0 Å². The molecule has 0 radical (unpaired) electrons. The van der Waals surface area contributed by atoms with Gasteiger partial charge in [0.1, 0.15) is 11.1 Å². The third-order valence-corrected chi connectivity index (χ3v) is 3.97. The molecule has 1 aromatic rings. The van der Waals surface area contributed by atoms with E-state index in [0.717, 1.165) is 11.3 Å². The van der Waals surface area contributed by atoms with Crippen LogP contribution in [-0.4, -0.2) is 41.9 Å². The Morgan fingerprint density at radius 3 is 2.76 bits per heavy atom. The quantitative estimate of drug-likeness (QED) is 0.877. The molecule has 1 fully saturated rings. The number of amides is 1. The molecule has 2 rings (SSSR count). The number of methoxy groups -OCH3 is 1. The second-order valence-corrected chi connectivity index (χ2v) is 4.82. The van der Waals surface area contributed by atoms with Crippen LogP contribution in [0.15, 0.2) is 24.3 Å². The Morgan fingerprint density at radius 1 is 1.47 bits per heavy atom. The molecule has 0 aromatic heterocycles. The van der Waals surface area contributed by atoms with E-state index < -0.39 is 0 Å². The maximum Gasteiger partial charge on any atom is 0.233 e. The summed E-state index contributed by atoms with van der Waals surface area (Å²) in [6.45, 7) is 0.390. The Morgan fingerprint density at radius 2 is 2.18 bits per heavy atom. The highest BCUT2D eigenvalue weighted by molar-refractivity contribution is 8.00. The molecule has 1 amide bonds. The predicted octanol–water partition coefficient (Wildman–Crippen LogP) is 1.26. The monoisotopic (exact) mass is 253 g/mol. The van der Waals surface area contributed by atoms with Gasteiger partial charge in [0, 0.05) is 6.54 Å². The van der Waals surface area contributed by atoms with E-state index in [1.165, 1.54) is 0 Å². The van der Waals surface area contributed by atoms with Gasteiger partial charge in [-0.2, -0.15) is 0 Å². The number of ether oxygens (including phenoxy) is 1. The standard InChI is InChI=1S/C12H15NO3S/c1-16-10-4-2-9(3-5-10)12-13(6-7-14)11(15)8-17-12/h2-5,12,14H,6-8H2,1H3. The summed E-state index contributed by atoms with van der Waals surface area (Å²) in [4.78, 5) is 13.4. The Kier molecular flexibility index (Phi) is 3.91. The minimum atomic E-state index is -0.00104. The van der Waals surface area contributed by atoms with E-state index in [2.05, 4.69) is 0 Å². The van der Waals surface area contributed by atoms with Gasteiger partial charge in [-0.3, -0.25) is 4.79 Å². The number of aliphatic hydroxyl groups excluding tert-OH is 1. The number of benzene rings is 1. The first-order chi connectivity index (χ1) is 8.26. The summed E-state index contributed by atoms with van der Waals surface area (Å²) < 4.78 is 5.10. The van der Waals surface area contributed by atoms with Crippen LogP contribution < -0.4 is 4.74 Å². The van der Waals surface area contributed by atoms with E-state index >= 15 is 0 Å². The topological polar surface area (TPSA) is 49.8 Å². The second kappa shape index (κ2) is 5.42. The van der Waals surface area contributed by atoms with Crippen molar-refractivity contribution in [2.24, 2.45) is 0 Å². The molecule has 0 spiro atoms. The highest BCUT2D eigenvalue weighted by Crippen LogP contribution is 2.38. The third-order valence-electron chi connectivity index (χ3n) is 2.71. The van der Waals surface area contributed by atoms with Gasteiger partial charge >= 0.3 is 0 Å². The number of hydrogen-bond acceptors (Lipinski definition) is 4. The van der Waals surface area contributed by atoms with Crippen LogP contribution in [0.1, 0.15) is 10.9 Å². The number of β-amino-alcohol motifs (C(OH)–C–C–N with tert-alkyl or cyclic N) is 1. The molecular formula is C12H15NO3S. The van der Waals surface area contributed by atoms with Gasteiger partial charge in [0.05, 0.1) is 19.5 Å². The van der Waals surface area contributed by atoms with Gasteiger partial charge in [0.25, 0.3) is 0 Å². The van der Waals surface area contributed by atoms with Gasteiger partial charge in [-0.05, 0) is 17.7 Å². The zero-order valence-corrected chi connectivity index (χ0v) is 10.4. The molecule has 1 N–H and O–H groups in total. The molecule has 4 nitrogen and oxygen atoms in total. The van der Waals surface area contributed by atoms with Crippen LogP contribution in [0.2, 0.25) is 0 Å². The minimum absolute atomic E-state index is 0.00104. The largest absolute Gasteiger partial charge is 0.497 e. The van der Waals surface area contributed by atoms with Gasteiger partial charge in [0.15, 0.2) is 0 Å². The van der Waals surface area contributed by atoms with Crippen molar-refractivity contribution < 1.29 is 14.6 Å². The number of nitrogens with zero attached hydrogens (tertiary/aromatic N) is 1. The lowest BCUT2D eigenvalue weighted by Gasteiger charge is -2.23. The molecule has 1 atom stereocenters. The molecule has 0 saturated carbocycles. The Balaban J connectivity index is 2.17. The summed E-state index contributed by atoms with van der Waals surface area (Å²) in [6, 6.07) is 7.69. The maximum atomic E-state index is 11.6. The number of rotatable bonds is 4. The number of thioether (sulfide) groups is 1. The number of carbonyl (C=O) groups is 1. The van der Waals surface area contributed by atoms with Crippen LogP contribution in [0, 0.1) is 0 Å². The molecule has 1 aliphatic rings. The number of hydrogen-bond donors (Lipinski definition) is 1. The van der Waals surface area contributed by atoms with Crippen LogP contribution >= 0.6 is 11.8 Å². The average Bonchev–Trinajstić information content (AvgIpc) is 2.72. The fourth-order valence-corrected chi connectivity index (χ4v) is 3.07. The Bertz CT molecular complexity index is 393. The van der Waals surface area contributed by atoms with Crippen molar-refractivity contribution in [3.8, 4) is 5.75 Å². The molecule has 1 unspecified atom stereocenters. The normalized spacial score (nSPS) is 19.8. The first kappa shape index (κ1) is 12.3. The molecule has 92 valence electrons. The van der Waals surface area contributed by atoms with Crippen molar-refractivity contribution in [3.05, 3.63) is 29.8 Å². The van der Waals surface area contributed by atoms with Crippen molar-refractivity contribution in [1.82, 2.24) is 4.90 Å². The maximum absolute atomic E-state index is 11.6. The van der Waals surface area contributed by atoms with E-state index in [-0.39, 0.29) is 17.9 Å².